The molecule has 4 aromatic carbocycles. The van der Waals surface area contributed by atoms with E-state index in [1.807, 2.05) is 39.8 Å². The molecule has 11 heteroatoms. The van der Waals surface area contributed by atoms with Crippen LogP contribution in [0.3, 0.4) is 0 Å². The van der Waals surface area contributed by atoms with Crippen LogP contribution in [-0.4, -0.2) is 38.8 Å². The third-order valence-corrected chi connectivity index (χ3v) is 10.1. The summed E-state index contributed by atoms with van der Waals surface area (Å²) in [4.78, 5) is 14.5. The number of anilines is 1. The molecule has 0 bridgehead atoms. The van der Waals surface area contributed by atoms with Gasteiger partial charge in [0.25, 0.3) is 11.3 Å². The number of phenolic OH excluding ortho intramolecular Hbond substituents is 1. The van der Waals surface area contributed by atoms with Gasteiger partial charge in [-0.15, -0.1) is 0 Å². The summed E-state index contributed by atoms with van der Waals surface area (Å²) in [6.07, 6.45) is 9.90. The molecule has 0 radical (unpaired) electrons. The molecule has 1 unspecified atom stereocenters. The fourth-order valence-corrected chi connectivity index (χ4v) is 6.91. The maximum absolute atomic E-state index is 14.5. The minimum absolute atomic E-state index is 0.0791. The van der Waals surface area contributed by atoms with Gasteiger partial charge in [0.1, 0.15) is 39.6 Å². The molecule has 5 aromatic rings. The number of ether oxygens (including phenoxy) is 3. The van der Waals surface area contributed by atoms with Crippen LogP contribution >= 0.6 is 0 Å². The van der Waals surface area contributed by atoms with Gasteiger partial charge < -0.3 is 28.8 Å². The molecule has 0 spiro atoms. The molecule has 0 aliphatic carbocycles. The lowest BCUT2D eigenvalue weighted by Crippen LogP contribution is -2.11. The first kappa shape index (κ1) is 43.0. The Morgan fingerprint density at radius 3 is 1.89 bits per heavy atom. The second-order valence-corrected chi connectivity index (χ2v) is 15.5. The molecule has 57 heavy (non-hydrogen) atoms. The SMILES string of the molecule is CC(C)=CCc1c(OCCCCCc2ccc(C)cc2)cc2oc3cc(OCCCCOc4ccc(NS(=O)O)cc4)c(CO)c(CC=C(C)C)c3c(=O)c2c1O. The third kappa shape index (κ3) is 12.0. The summed E-state index contributed by atoms with van der Waals surface area (Å²) in [5, 5.41) is 22.8. The highest BCUT2D eigenvalue weighted by molar-refractivity contribution is 7.80. The van der Waals surface area contributed by atoms with Crippen LogP contribution in [0.1, 0.15) is 87.6 Å². The van der Waals surface area contributed by atoms with Gasteiger partial charge in [-0.1, -0.05) is 53.1 Å². The quantitative estimate of drug-likeness (QED) is 0.0246. The standard InChI is InChI=1S/C46H55NO9S/c1-30(2)12-22-36-38(29-48)40(55-26-10-9-24-53-35-20-18-34(19-21-35)47-57(51)52)28-41-43(36)46(50)44-42(56-41)27-39(37(45(44)49)23-13-31(3)4)54-25-8-6-7-11-33-16-14-32(5)15-17-33/h12-21,27-28,47-49H,6-11,22-26,29H2,1-5H3,(H,51,52). The van der Waals surface area contributed by atoms with Crippen LogP contribution in [-0.2, 0) is 37.1 Å². The molecule has 1 aromatic heterocycles. The number of benzene rings is 4. The fraction of sp³-hybridized carbons (Fsp3) is 0.370. The number of fused-ring (bicyclic) bond motifs is 2. The second kappa shape index (κ2) is 20.9. The van der Waals surface area contributed by atoms with Crippen LogP contribution in [0.2, 0.25) is 0 Å². The van der Waals surface area contributed by atoms with Crippen molar-refractivity contribution in [3.8, 4) is 23.0 Å². The number of unbranched alkanes of at least 4 members (excludes halogenated alkanes) is 3. The number of nitrogens with one attached hydrogen (secondary N) is 1. The van der Waals surface area contributed by atoms with Gasteiger partial charge in [-0.25, -0.2) is 4.21 Å². The summed E-state index contributed by atoms with van der Waals surface area (Å²) < 4.78 is 47.2. The molecule has 0 aliphatic rings. The second-order valence-electron chi connectivity index (χ2n) is 14.8. The van der Waals surface area contributed by atoms with Crippen molar-refractivity contribution in [1.82, 2.24) is 0 Å². The number of aliphatic hydroxyl groups is 1. The summed E-state index contributed by atoms with van der Waals surface area (Å²) >= 11 is -2.15. The van der Waals surface area contributed by atoms with Gasteiger partial charge in [0.2, 0.25) is 5.43 Å². The minimum atomic E-state index is -2.15. The summed E-state index contributed by atoms with van der Waals surface area (Å²) in [6.45, 7) is 10.8. The Labute approximate surface area is 337 Å². The number of aliphatic hydroxyl groups excluding tert-OH is 1. The largest absolute Gasteiger partial charge is 0.507 e. The molecular formula is C46H55NO9S. The van der Waals surface area contributed by atoms with Crippen molar-refractivity contribution in [1.29, 1.82) is 0 Å². The Balaban J connectivity index is 1.38. The zero-order chi connectivity index (χ0) is 40.9. The van der Waals surface area contributed by atoms with E-state index in [0.29, 0.717) is 96.1 Å². The van der Waals surface area contributed by atoms with Crippen molar-refractivity contribution in [3.63, 3.8) is 0 Å². The average Bonchev–Trinajstić information content (AvgIpc) is 3.17. The molecule has 1 heterocycles. The monoisotopic (exact) mass is 797 g/mol. The maximum Gasteiger partial charge on any atom is 0.259 e. The maximum atomic E-state index is 14.5. The summed E-state index contributed by atoms with van der Waals surface area (Å²) in [6, 6.07) is 18.7. The Morgan fingerprint density at radius 2 is 1.30 bits per heavy atom. The predicted molar refractivity (Wildman–Crippen MR) is 229 cm³/mol. The Kier molecular flexibility index (Phi) is 15.8. The van der Waals surface area contributed by atoms with Crippen LogP contribution in [0, 0.1) is 6.92 Å². The van der Waals surface area contributed by atoms with E-state index in [1.54, 1.807) is 36.4 Å². The van der Waals surface area contributed by atoms with Gasteiger partial charge in [-0.2, -0.15) is 0 Å². The smallest absolute Gasteiger partial charge is 0.259 e. The Hall–Kier alpha value is -5.10. The molecule has 0 saturated heterocycles. The predicted octanol–water partition coefficient (Wildman–Crippen LogP) is 10.0. The van der Waals surface area contributed by atoms with Crippen LogP contribution in [0.4, 0.5) is 5.69 Å². The Bertz CT molecular complexity index is 2270. The van der Waals surface area contributed by atoms with Crippen molar-refractivity contribution >= 4 is 38.9 Å². The van der Waals surface area contributed by atoms with Crippen LogP contribution in [0.5, 0.6) is 23.0 Å². The molecule has 304 valence electrons. The third-order valence-electron chi connectivity index (χ3n) is 9.67. The number of hydrogen-bond acceptors (Lipinski definition) is 8. The normalized spacial score (nSPS) is 11.7. The van der Waals surface area contributed by atoms with E-state index in [-0.39, 0.29) is 28.8 Å². The lowest BCUT2D eigenvalue weighted by molar-refractivity contribution is 0.249. The molecule has 0 aliphatic heterocycles. The van der Waals surface area contributed by atoms with E-state index in [2.05, 4.69) is 35.9 Å². The van der Waals surface area contributed by atoms with E-state index in [0.717, 1.165) is 36.8 Å². The van der Waals surface area contributed by atoms with Gasteiger partial charge in [0.15, 0.2) is 0 Å². The van der Waals surface area contributed by atoms with Crippen molar-refractivity contribution in [2.24, 2.45) is 0 Å². The highest BCUT2D eigenvalue weighted by Gasteiger charge is 2.24. The number of allylic oxidation sites excluding steroid dienone is 4. The van der Waals surface area contributed by atoms with Gasteiger partial charge in [-0.05, 0) is 121 Å². The molecule has 5 rings (SSSR count). The van der Waals surface area contributed by atoms with Crippen LogP contribution < -0.4 is 24.4 Å². The zero-order valence-corrected chi connectivity index (χ0v) is 34.4. The molecule has 0 saturated carbocycles. The highest BCUT2D eigenvalue weighted by atomic mass is 32.2. The zero-order valence-electron chi connectivity index (χ0n) is 33.6. The first-order valence-corrected chi connectivity index (χ1v) is 20.6. The van der Waals surface area contributed by atoms with E-state index >= 15 is 0 Å². The Morgan fingerprint density at radius 1 is 0.737 bits per heavy atom. The molecule has 4 N–H and O–H groups in total. The number of rotatable bonds is 21. The molecule has 0 amide bonds. The first-order valence-electron chi connectivity index (χ1n) is 19.5. The van der Waals surface area contributed by atoms with E-state index in [1.165, 1.54) is 11.1 Å². The first-order chi connectivity index (χ1) is 27.4. The van der Waals surface area contributed by atoms with Crippen molar-refractivity contribution in [3.05, 3.63) is 122 Å². The van der Waals surface area contributed by atoms with E-state index < -0.39 is 11.3 Å². The highest BCUT2D eigenvalue weighted by Crippen LogP contribution is 2.39. The lowest BCUT2D eigenvalue weighted by atomic mass is 9.95. The lowest BCUT2D eigenvalue weighted by Gasteiger charge is -2.18. The number of aryl methyl sites for hydroxylation is 2. The number of aromatic hydroxyl groups is 1. The van der Waals surface area contributed by atoms with Crippen LogP contribution in [0.15, 0.2) is 93.2 Å². The van der Waals surface area contributed by atoms with E-state index in [4.69, 9.17) is 23.2 Å². The van der Waals surface area contributed by atoms with Crippen molar-refractivity contribution < 1.29 is 37.6 Å². The van der Waals surface area contributed by atoms with Gasteiger partial charge in [-0.3, -0.25) is 14.1 Å². The van der Waals surface area contributed by atoms with Crippen molar-refractivity contribution in [2.75, 3.05) is 24.5 Å². The summed E-state index contributed by atoms with van der Waals surface area (Å²) in [5.41, 5.74) is 6.92. The average molecular weight is 798 g/mol. The molecule has 0 fully saturated rings. The molecule has 1 atom stereocenters. The summed E-state index contributed by atoms with van der Waals surface area (Å²) in [5.74, 6) is 1.36. The number of hydrogen-bond donors (Lipinski definition) is 4. The van der Waals surface area contributed by atoms with Gasteiger partial charge >= 0.3 is 0 Å². The van der Waals surface area contributed by atoms with E-state index in [9.17, 15) is 19.2 Å². The minimum Gasteiger partial charge on any atom is -0.507 e. The van der Waals surface area contributed by atoms with Gasteiger partial charge in [0.05, 0.1) is 31.8 Å². The van der Waals surface area contributed by atoms with Gasteiger partial charge in [0, 0.05) is 28.9 Å². The van der Waals surface area contributed by atoms with Crippen LogP contribution in [0.25, 0.3) is 21.9 Å². The number of phenols is 1. The fourth-order valence-electron chi connectivity index (χ4n) is 6.57. The van der Waals surface area contributed by atoms with Crippen molar-refractivity contribution in [2.45, 2.75) is 92.6 Å². The summed E-state index contributed by atoms with van der Waals surface area (Å²) in [7, 11) is 0. The topological polar surface area (TPSA) is 148 Å². The molecular weight excluding hydrogens is 743 g/mol. The molecule has 10 nitrogen and oxygen atoms in total.